The molecule has 0 saturated heterocycles. The maximum absolute atomic E-state index is 12.4. The van der Waals surface area contributed by atoms with Gasteiger partial charge in [-0.05, 0) is 30.4 Å². The molecule has 1 saturated carbocycles. The van der Waals surface area contributed by atoms with Crippen LogP contribution in [0.2, 0.25) is 0 Å². The van der Waals surface area contributed by atoms with Crippen LogP contribution in [0.25, 0.3) is 0 Å². The molecule has 1 aromatic carbocycles. The minimum absolute atomic E-state index is 0.234. The van der Waals surface area contributed by atoms with Crippen LogP contribution >= 0.6 is 15.9 Å². The van der Waals surface area contributed by atoms with Crippen molar-refractivity contribution in [3.8, 4) is 0 Å². The first-order valence-corrected chi connectivity index (χ1v) is 7.37. The maximum Gasteiger partial charge on any atom is 0.225 e. The Bertz CT molecular complexity index is 432. The van der Waals surface area contributed by atoms with E-state index in [0.717, 1.165) is 10.9 Å². The smallest absolute Gasteiger partial charge is 0.225 e. The largest absolute Gasteiger partial charge is 0.341 e. The maximum atomic E-state index is 12.4. The SMILES string of the molecule is CC1CCCC1C(=O)N(C)Cc1ccccc1Br. The zero-order valence-electron chi connectivity index (χ0n) is 11.0. The summed E-state index contributed by atoms with van der Waals surface area (Å²) < 4.78 is 1.07. The lowest BCUT2D eigenvalue weighted by molar-refractivity contribution is -0.135. The number of rotatable bonds is 3. The van der Waals surface area contributed by atoms with Crippen molar-refractivity contribution in [2.75, 3.05) is 7.05 Å². The third kappa shape index (κ3) is 2.94. The monoisotopic (exact) mass is 309 g/mol. The molecule has 0 aromatic heterocycles. The van der Waals surface area contributed by atoms with Crippen molar-refractivity contribution < 1.29 is 4.79 Å². The first kappa shape index (κ1) is 13.6. The third-order valence-electron chi connectivity index (χ3n) is 3.92. The number of amides is 1. The number of hydrogen-bond donors (Lipinski definition) is 0. The summed E-state index contributed by atoms with van der Waals surface area (Å²) >= 11 is 3.53. The Labute approximate surface area is 117 Å². The molecule has 1 aliphatic rings. The van der Waals surface area contributed by atoms with Crippen molar-refractivity contribution in [2.24, 2.45) is 11.8 Å². The lowest BCUT2D eigenvalue weighted by atomic mass is 9.96. The predicted octanol–water partition coefficient (Wildman–Crippen LogP) is 3.84. The van der Waals surface area contributed by atoms with E-state index >= 15 is 0 Å². The van der Waals surface area contributed by atoms with E-state index in [4.69, 9.17) is 0 Å². The van der Waals surface area contributed by atoms with Crippen LogP contribution in [-0.2, 0) is 11.3 Å². The minimum atomic E-state index is 0.234. The Hall–Kier alpha value is -0.830. The van der Waals surface area contributed by atoms with Gasteiger partial charge in [-0.25, -0.2) is 0 Å². The summed E-state index contributed by atoms with van der Waals surface area (Å²) in [6.07, 6.45) is 3.44. The van der Waals surface area contributed by atoms with Gasteiger partial charge in [-0.3, -0.25) is 4.79 Å². The average Bonchev–Trinajstić information content (AvgIpc) is 2.77. The van der Waals surface area contributed by atoms with Gasteiger partial charge in [0, 0.05) is 24.0 Å². The highest BCUT2D eigenvalue weighted by Gasteiger charge is 2.31. The molecule has 2 rings (SSSR count). The fourth-order valence-electron chi connectivity index (χ4n) is 2.76. The van der Waals surface area contributed by atoms with Gasteiger partial charge in [0.25, 0.3) is 0 Å². The van der Waals surface area contributed by atoms with E-state index in [9.17, 15) is 4.79 Å². The molecule has 0 aliphatic heterocycles. The summed E-state index contributed by atoms with van der Waals surface area (Å²) in [6.45, 7) is 2.88. The number of nitrogens with zero attached hydrogens (tertiary/aromatic N) is 1. The van der Waals surface area contributed by atoms with Crippen LogP contribution in [0.1, 0.15) is 31.7 Å². The summed E-state index contributed by atoms with van der Waals surface area (Å²) in [6, 6.07) is 8.09. The molecule has 1 amide bonds. The van der Waals surface area contributed by atoms with E-state index in [1.165, 1.54) is 18.4 Å². The van der Waals surface area contributed by atoms with Gasteiger partial charge in [-0.15, -0.1) is 0 Å². The van der Waals surface area contributed by atoms with E-state index in [0.29, 0.717) is 18.4 Å². The summed E-state index contributed by atoms with van der Waals surface area (Å²) in [5.74, 6) is 1.08. The number of carbonyl (C=O) groups excluding carboxylic acids is 1. The summed E-state index contributed by atoms with van der Waals surface area (Å²) in [5.41, 5.74) is 1.17. The van der Waals surface area contributed by atoms with Crippen LogP contribution in [0, 0.1) is 11.8 Å². The molecule has 0 N–H and O–H groups in total. The van der Waals surface area contributed by atoms with Gasteiger partial charge in [0.15, 0.2) is 0 Å². The first-order valence-electron chi connectivity index (χ1n) is 6.58. The summed E-state index contributed by atoms with van der Waals surface area (Å²) in [7, 11) is 1.91. The minimum Gasteiger partial charge on any atom is -0.341 e. The lowest BCUT2D eigenvalue weighted by Gasteiger charge is -2.24. The highest BCUT2D eigenvalue weighted by molar-refractivity contribution is 9.10. The van der Waals surface area contributed by atoms with Crippen LogP contribution in [0.5, 0.6) is 0 Å². The van der Waals surface area contributed by atoms with Crippen molar-refractivity contribution in [2.45, 2.75) is 32.7 Å². The molecule has 2 atom stereocenters. The Morgan fingerprint density at radius 1 is 1.39 bits per heavy atom. The molecule has 18 heavy (non-hydrogen) atoms. The molecule has 0 heterocycles. The van der Waals surface area contributed by atoms with Crippen LogP contribution in [0.15, 0.2) is 28.7 Å². The molecule has 2 nitrogen and oxygen atoms in total. The average molecular weight is 310 g/mol. The topological polar surface area (TPSA) is 20.3 Å². The van der Waals surface area contributed by atoms with E-state index in [2.05, 4.69) is 28.9 Å². The number of benzene rings is 1. The zero-order chi connectivity index (χ0) is 13.1. The van der Waals surface area contributed by atoms with Crippen molar-refractivity contribution in [3.05, 3.63) is 34.3 Å². The van der Waals surface area contributed by atoms with Crippen LogP contribution in [0.4, 0.5) is 0 Å². The summed E-state index contributed by atoms with van der Waals surface area (Å²) in [5, 5.41) is 0. The highest BCUT2D eigenvalue weighted by Crippen LogP contribution is 2.32. The molecule has 2 unspecified atom stereocenters. The second kappa shape index (κ2) is 5.87. The van der Waals surface area contributed by atoms with Gasteiger partial charge in [0.1, 0.15) is 0 Å². The van der Waals surface area contributed by atoms with Crippen LogP contribution < -0.4 is 0 Å². The van der Waals surface area contributed by atoms with E-state index in [-0.39, 0.29) is 5.92 Å². The molecule has 0 radical (unpaired) electrons. The molecule has 0 bridgehead atoms. The molecule has 1 aromatic rings. The van der Waals surface area contributed by atoms with E-state index in [1.54, 1.807) is 0 Å². The zero-order valence-corrected chi connectivity index (χ0v) is 12.6. The molecule has 0 spiro atoms. The van der Waals surface area contributed by atoms with Crippen molar-refractivity contribution >= 4 is 21.8 Å². The fourth-order valence-corrected chi connectivity index (χ4v) is 3.17. The van der Waals surface area contributed by atoms with Crippen molar-refractivity contribution in [1.29, 1.82) is 0 Å². The molecular formula is C15H20BrNO. The van der Waals surface area contributed by atoms with E-state index in [1.807, 2.05) is 30.1 Å². The lowest BCUT2D eigenvalue weighted by Crippen LogP contribution is -2.33. The fraction of sp³-hybridized carbons (Fsp3) is 0.533. The second-order valence-corrected chi connectivity index (χ2v) is 6.15. The second-order valence-electron chi connectivity index (χ2n) is 5.30. The van der Waals surface area contributed by atoms with Gasteiger partial charge < -0.3 is 4.90 Å². The highest BCUT2D eigenvalue weighted by atomic mass is 79.9. The predicted molar refractivity (Wildman–Crippen MR) is 77.1 cm³/mol. The molecular weight excluding hydrogens is 290 g/mol. The Balaban J connectivity index is 2.01. The van der Waals surface area contributed by atoms with Gasteiger partial charge in [0.05, 0.1) is 0 Å². The van der Waals surface area contributed by atoms with Crippen LogP contribution in [-0.4, -0.2) is 17.9 Å². The Morgan fingerprint density at radius 2 is 2.11 bits per heavy atom. The normalized spacial score (nSPS) is 23.1. The first-order chi connectivity index (χ1) is 8.59. The van der Waals surface area contributed by atoms with Crippen molar-refractivity contribution in [1.82, 2.24) is 4.90 Å². The van der Waals surface area contributed by atoms with E-state index < -0.39 is 0 Å². The molecule has 1 aliphatic carbocycles. The number of hydrogen-bond acceptors (Lipinski definition) is 1. The van der Waals surface area contributed by atoms with Gasteiger partial charge in [0.2, 0.25) is 5.91 Å². The third-order valence-corrected chi connectivity index (χ3v) is 4.69. The quantitative estimate of drug-likeness (QED) is 0.830. The number of carbonyl (C=O) groups is 1. The molecule has 1 fully saturated rings. The van der Waals surface area contributed by atoms with Gasteiger partial charge >= 0.3 is 0 Å². The standard InChI is InChI=1S/C15H20BrNO/c1-11-6-5-8-13(11)15(18)17(2)10-12-7-3-4-9-14(12)16/h3-4,7,9,11,13H,5-6,8,10H2,1-2H3. The Kier molecular flexibility index (Phi) is 4.44. The van der Waals surface area contributed by atoms with Gasteiger partial charge in [-0.1, -0.05) is 47.5 Å². The van der Waals surface area contributed by atoms with Gasteiger partial charge in [-0.2, -0.15) is 0 Å². The number of halogens is 1. The summed E-state index contributed by atoms with van der Waals surface area (Å²) in [4.78, 5) is 14.2. The van der Waals surface area contributed by atoms with Crippen molar-refractivity contribution in [3.63, 3.8) is 0 Å². The molecule has 3 heteroatoms. The Morgan fingerprint density at radius 3 is 2.72 bits per heavy atom. The molecule has 98 valence electrons. The van der Waals surface area contributed by atoms with Crippen LogP contribution in [0.3, 0.4) is 0 Å².